The predicted molar refractivity (Wildman–Crippen MR) is 108 cm³/mol. The van der Waals surface area contributed by atoms with E-state index in [-0.39, 0.29) is 0 Å². The molecule has 5 heteroatoms. The number of benzene rings is 3. The number of nitrogens with zero attached hydrogens (tertiary/aromatic N) is 2. The van der Waals surface area contributed by atoms with E-state index in [9.17, 15) is 4.79 Å². The number of amides is 1. The van der Waals surface area contributed by atoms with Crippen molar-refractivity contribution in [3.05, 3.63) is 95.6 Å². The van der Waals surface area contributed by atoms with Crippen LogP contribution in [0.4, 0.5) is 5.95 Å². The third-order valence-corrected chi connectivity index (χ3v) is 4.53. The highest BCUT2D eigenvalue weighted by molar-refractivity contribution is 5.92. The highest BCUT2D eigenvalue weighted by Gasteiger charge is 2.11. The van der Waals surface area contributed by atoms with E-state index in [0.29, 0.717) is 12.1 Å². The summed E-state index contributed by atoms with van der Waals surface area (Å²) in [5, 5.41) is 3.42. The standard InChI is InChI=1S/C22H20N4O/c23-21(27)18-12-10-16(11-13-18)14-24-22-25-19-8-4-5-9-20(19)26(22)15-17-6-2-1-3-7-17/h1-13H,14-15H2,(H2,23,27)(H,24,25). The van der Waals surface area contributed by atoms with Crippen LogP contribution in [-0.2, 0) is 13.1 Å². The van der Waals surface area contributed by atoms with E-state index in [1.807, 2.05) is 48.5 Å². The molecule has 0 radical (unpaired) electrons. The zero-order valence-corrected chi connectivity index (χ0v) is 14.8. The molecule has 0 aliphatic rings. The number of anilines is 1. The van der Waals surface area contributed by atoms with Gasteiger partial charge in [0, 0.05) is 12.1 Å². The van der Waals surface area contributed by atoms with Crippen molar-refractivity contribution < 1.29 is 4.79 Å². The fourth-order valence-electron chi connectivity index (χ4n) is 3.10. The largest absolute Gasteiger partial charge is 0.366 e. The summed E-state index contributed by atoms with van der Waals surface area (Å²) in [5.41, 5.74) is 10.1. The molecule has 4 rings (SSSR count). The smallest absolute Gasteiger partial charge is 0.248 e. The molecule has 1 amide bonds. The van der Waals surface area contributed by atoms with E-state index in [1.54, 1.807) is 12.1 Å². The lowest BCUT2D eigenvalue weighted by atomic mass is 10.1. The summed E-state index contributed by atoms with van der Waals surface area (Å²) in [6.45, 7) is 1.35. The molecule has 1 heterocycles. The number of aromatic nitrogens is 2. The maximum absolute atomic E-state index is 11.2. The first-order valence-corrected chi connectivity index (χ1v) is 8.82. The van der Waals surface area contributed by atoms with Crippen molar-refractivity contribution in [1.82, 2.24) is 9.55 Å². The van der Waals surface area contributed by atoms with Gasteiger partial charge in [-0.25, -0.2) is 4.98 Å². The Balaban J connectivity index is 1.60. The fourth-order valence-corrected chi connectivity index (χ4v) is 3.10. The third kappa shape index (κ3) is 3.67. The molecular weight excluding hydrogens is 336 g/mol. The zero-order valence-electron chi connectivity index (χ0n) is 14.8. The van der Waals surface area contributed by atoms with Crippen molar-refractivity contribution in [3.8, 4) is 0 Å². The molecule has 0 saturated heterocycles. The molecule has 0 aliphatic carbocycles. The quantitative estimate of drug-likeness (QED) is 0.552. The molecule has 3 aromatic carbocycles. The summed E-state index contributed by atoms with van der Waals surface area (Å²) >= 11 is 0. The molecule has 1 aromatic heterocycles. The molecule has 0 fully saturated rings. The van der Waals surface area contributed by atoms with E-state index in [2.05, 4.69) is 28.1 Å². The van der Waals surface area contributed by atoms with Crippen LogP contribution in [0.2, 0.25) is 0 Å². The van der Waals surface area contributed by atoms with Gasteiger partial charge in [0.05, 0.1) is 17.6 Å². The molecule has 5 nitrogen and oxygen atoms in total. The zero-order chi connectivity index (χ0) is 18.6. The summed E-state index contributed by atoms with van der Waals surface area (Å²) < 4.78 is 2.18. The molecule has 0 spiro atoms. The van der Waals surface area contributed by atoms with Gasteiger partial charge in [-0.2, -0.15) is 0 Å². The molecule has 4 aromatic rings. The Kier molecular flexibility index (Phi) is 4.58. The summed E-state index contributed by atoms with van der Waals surface area (Å²) in [4.78, 5) is 15.9. The van der Waals surface area contributed by atoms with Gasteiger partial charge in [0.25, 0.3) is 0 Å². The van der Waals surface area contributed by atoms with Gasteiger partial charge >= 0.3 is 0 Å². The number of nitrogens with one attached hydrogen (secondary N) is 1. The lowest BCUT2D eigenvalue weighted by Gasteiger charge is -2.11. The van der Waals surface area contributed by atoms with Crippen molar-refractivity contribution in [2.24, 2.45) is 5.73 Å². The van der Waals surface area contributed by atoms with E-state index >= 15 is 0 Å². The Morgan fingerprint density at radius 1 is 0.889 bits per heavy atom. The first kappa shape index (κ1) is 16.8. The van der Waals surface area contributed by atoms with E-state index in [4.69, 9.17) is 10.7 Å². The van der Waals surface area contributed by atoms with E-state index < -0.39 is 5.91 Å². The molecule has 0 bridgehead atoms. The summed E-state index contributed by atoms with van der Waals surface area (Å²) in [6, 6.07) is 25.7. The topological polar surface area (TPSA) is 72.9 Å². The van der Waals surface area contributed by atoms with Crippen LogP contribution in [0.3, 0.4) is 0 Å². The summed E-state index contributed by atoms with van der Waals surface area (Å²) in [7, 11) is 0. The maximum atomic E-state index is 11.2. The minimum absolute atomic E-state index is 0.417. The molecule has 134 valence electrons. The second-order valence-electron chi connectivity index (χ2n) is 6.41. The Labute approximate surface area is 157 Å². The number of hydrogen-bond donors (Lipinski definition) is 2. The number of carbonyl (C=O) groups excluding carboxylic acids is 1. The van der Waals surface area contributed by atoms with Crippen molar-refractivity contribution in [2.45, 2.75) is 13.1 Å². The van der Waals surface area contributed by atoms with Crippen LogP contribution in [-0.4, -0.2) is 15.5 Å². The minimum Gasteiger partial charge on any atom is -0.366 e. The fraction of sp³-hybridized carbons (Fsp3) is 0.0909. The third-order valence-electron chi connectivity index (χ3n) is 4.53. The number of imidazole rings is 1. The van der Waals surface area contributed by atoms with E-state index in [0.717, 1.165) is 29.1 Å². The highest BCUT2D eigenvalue weighted by atomic mass is 16.1. The molecule has 27 heavy (non-hydrogen) atoms. The Morgan fingerprint density at radius 3 is 2.33 bits per heavy atom. The van der Waals surface area contributed by atoms with Gasteiger partial charge in [-0.05, 0) is 35.4 Å². The maximum Gasteiger partial charge on any atom is 0.248 e. The number of hydrogen-bond acceptors (Lipinski definition) is 3. The molecular formula is C22H20N4O. The van der Waals surface area contributed by atoms with Gasteiger partial charge in [0.1, 0.15) is 0 Å². The number of para-hydroxylation sites is 2. The predicted octanol–water partition coefficient (Wildman–Crippen LogP) is 3.80. The van der Waals surface area contributed by atoms with Crippen LogP contribution in [0.25, 0.3) is 11.0 Å². The number of nitrogens with two attached hydrogens (primary N) is 1. The molecule has 0 unspecified atom stereocenters. The van der Waals surface area contributed by atoms with Crippen molar-refractivity contribution in [2.75, 3.05) is 5.32 Å². The molecule has 0 atom stereocenters. The van der Waals surface area contributed by atoms with E-state index in [1.165, 1.54) is 5.56 Å². The number of fused-ring (bicyclic) bond motifs is 1. The van der Waals surface area contributed by atoms with Crippen molar-refractivity contribution >= 4 is 22.9 Å². The second kappa shape index (κ2) is 7.33. The van der Waals surface area contributed by atoms with Crippen LogP contribution in [0.1, 0.15) is 21.5 Å². The van der Waals surface area contributed by atoms with Crippen LogP contribution < -0.4 is 11.1 Å². The highest BCUT2D eigenvalue weighted by Crippen LogP contribution is 2.22. The van der Waals surface area contributed by atoms with Crippen LogP contribution in [0, 0.1) is 0 Å². The van der Waals surface area contributed by atoms with Crippen LogP contribution in [0.5, 0.6) is 0 Å². The average Bonchev–Trinajstić information content (AvgIpc) is 3.05. The summed E-state index contributed by atoms with van der Waals surface area (Å²) in [5.74, 6) is 0.401. The van der Waals surface area contributed by atoms with Crippen molar-refractivity contribution in [1.29, 1.82) is 0 Å². The monoisotopic (exact) mass is 356 g/mol. The first-order chi connectivity index (χ1) is 13.2. The van der Waals surface area contributed by atoms with Crippen molar-refractivity contribution in [3.63, 3.8) is 0 Å². The van der Waals surface area contributed by atoms with Gasteiger partial charge in [0.2, 0.25) is 11.9 Å². The molecule has 0 aliphatic heterocycles. The lowest BCUT2D eigenvalue weighted by Crippen LogP contribution is -2.11. The number of carbonyl (C=O) groups is 1. The van der Waals surface area contributed by atoms with Crippen LogP contribution >= 0.6 is 0 Å². The number of primary amides is 1. The average molecular weight is 356 g/mol. The minimum atomic E-state index is -0.417. The Bertz CT molecular complexity index is 1070. The Hall–Kier alpha value is -3.60. The van der Waals surface area contributed by atoms with Gasteiger partial charge in [-0.1, -0.05) is 54.6 Å². The second-order valence-corrected chi connectivity index (χ2v) is 6.41. The first-order valence-electron chi connectivity index (χ1n) is 8.82. The van der Waals surface area contributed by atoms with Gasteiger partial charge in [-0.15, -0.1) is 0 Å². The van der Waals surface area contributed by atoms with Gasteiger partial charge in [-0.3, -0.25) is 4.79 Å². The number of rotatable bonds is 6. The van der Waals surface area contributed by atoms with Crippen LogP contribution in [0.15, 0.2) is 78.9 Å². The Morgan fingerprint density at radius 2 is 1.59 bits per heavy atom. The normalized spacial score (nSPS) is 10.8. The summed E-state index contributed by atoms with van der Waals surface area (Å²) in [6.07, 6.45) is 0. The SMILES string of the molecule is NC(=O)c1ccc(CNc2nc3ccccc3n2Cc2ccccc2)cc1. The van der Waals surface area contributed by atoms with Gasteiger partial charge in [0.15, 0.2) is 0 Å². The molecule has 3 N–H and O–H groups in total. The molecule has 0 saturated carbocycles. The lowest BCUT2D eigenvalue weighted by molar-refractivity contribution is 0.100. The van der Waals surface area contributed by atoms with Gasteiger partial charge < -0.3 is 15.6 Å².